The molecule has 6 atom stereocenters. The molecule has 2 aliphatic heterocycles. The third kappa shape index (κ3) is 5.60. The number of hydrogen-bond donors (Lipinski definition) is 1. The monoisotopic (exact) mass is 880 g/mol. The van der Waals surface area contributed by atoms with Crippen molar-refractivity contribution < 1.29 is 33.8 Å². The minimum atomic E-state index is -1.26. The summed E-state index contributed by atoms with van der Waals surface area (Å²) in [5.74, 6) is -4.00. The molecule has 4 amide bonds. The number of ether oxygens (including phenoxy) is 2. The van der Waals surface area contributed by atoms with E-state index in [2.05, 4.69) is 15.9 Å². The number of fused-ring (bicyclic) bond motifs is 5. The lowest BCUT2D eigenvalue weighted by atomic mass is 9.52. The number of carbonyl (C=O) groups excluding carboxylic acids is 4. The van der Waals surface area contributed by atoms with E-state index in [1.807, 2.05) is 50.3 Å². The Balaban J connectivity index is 1.14. The fourth-order valence-corrected chi connectivity index (χ4v) is 11.3. The molecule has 5 aromatic rings. The van der Waals surface area contributed by atoms with Gasteiger partial charge < -0.3 is 14.6 Å². The SMILES string of the molecule is COc1cc(C=C[C@H]2C3=CC[C@@H]4C(=O)N(c5ccc(Br)cc5)C(=O)[C@@H]4[C@@H]3C[C@H]3C(=O)N(c4cc(-c5sc6ccc(Cl)cc6c5C)nn4C)C(=O)[C@@]23C)cc(OC)c1O. The van der Waals surface area contributed by atoms with Crippen LogP contribution >= 0.6 is 38.9 Å². The number of carbonyl (C=O) groups is 4. The number of aromatic hydroxyl groups is 1. The van der Waals surface area contributed by atoms with Gasteiger partial charge in [-0.05, 0) is 104 Å². The third-order valence-electron chi connectivity index (χ3n) is 12.6. The average Bonchev–Trinajstić information content (AvgIpc) is 3.88. The number of aryl methyl sites for hydroxylation is 2. The molecule has 2 saturated heterocycles. The second-order valence-corrected chi connectivity index (χ2v) is 17.9. The maximum absolute atomic E-state index is 15.2. The fraction of sp³-hybridized carbons (Fsp3) is 0.295. The van der Waals surface area contributed by atoms with Crippen molar-refractivity contribution in [1.29, 1.82) is 0 Å². The highest BCUT2D eigenvalue weighted by Crippen LogP contribution is 2.61. The molecule has 0 spiro atoms. The predicted octanol–water partition coefficient (Wildman–Crippen LogP) is 8.73. The number of thiophene rings is 1. The molecule has 1 saturated carbocycles. The second-order valence-electron chi connectivity index (χ2n) is 15.5. The summed E-state index contributed by atoms with van der Waals surface area (Å²) in [5.41, 5.74) is 2.32. The molecule has 0 radical (unpaired) electrons. The summed E-state index contributed by atoms with van der Waals surface area (Å²) in [5, 5.41) is 17.1. The molecule has 1 N–H and O–H groups in total. The van der Waals surface area contributed by atoms with E-state index >= 15 is 4.79 Å². The molecule has 9 rings (SSSR count). The van der Waals surface area contributed by atoms with Crippen LogP contribution in [0.15, 0.2) is 82.9 Å². The maximum Gasteiger partial charge on any atom is 0.242 e. The van der Waals surface area contributed by atoms with E-state index < -0.39 is 35.0 Å². The first kappa shape index (κ1) is 38.3. The highest BCUT2D eigenvalue weighted by Gasteiger charge is 2.67. The molecule has 11 nitrogen and oxygen atoms in total. The van der Waals surface area contributed by atoms with Gasteiger partial charge in [-0.15, -0.1) is 11.3 Å². The Bertz CT molecular complexity index is 2640. The van der Waals surface area contributed by atoms with Gasteiger partial charge in [0.25, 0.3) is 0 Å². The molecule has 0 unspecified atom stereocenters. The van der Waals surface area contributed by atoms with Crippen LogP contribution in [0.2, 0.25) is 5.02 Å². The molecule has 3 fully saturated rings. The maximum atomic E-state index is 15.2. The van der Waals surface area contributed by atoms with Crippen molar-refractivity contribution >= 4 is 90.2 Å². The molecule has 2 aromatic heterocycles. The van der Waals surface area contributed by atoms with Gasteiger partial charge >= 0.3 is 0 Å². The van der Waals surface area contributed by atoms with Crippen LogP contribution in [0.1, 0.15) is 30.9 Å². The van der Waals surface area contributed by atoms with Crippen LogP contribution < -0.4 is 19.3 Å². The Labute approximate surface area is 351 Å². The lowest BCUT2D eigenvalue weighted by Gasteiger charge is -2.47. The fourth-order valence-electron chi connectivity index (χ4n) is 9.71. The summed E-state index contributed by atoms with van der Waals surface area (Å²) >= 11 is 11.3. The summed E-state index contributed by atoms with van der Waals surface area (Å²) in [4.78, 5) is 62.0. The van der Waals surface area contributed by atoms with E-state index in [0.717, 1.165) is 30.6 Å². The topological polar surface area (TPSA) is 131 Å². The van der Waals surface area contributed by atoms with Crippen molar-refractivity contribution in [1.82, 2.24) is 9.78 Å². The van der Waals surface area contributed by atoms with Crippen LogP contribution in [0.4, 0.5) is 11.5 Å². The Kier molecular flexibility index (Phi) is 9.21. The van der Waals surface area contributed by atoms with E-state index in [9.17, 15) is 19.5 Å². The minimum Gasteiger partial charge on any atom is -0.502 e. The molecule has 4 heterocycles. The minimum absolute atomic E-state index is 0.148. The summed E-state index contributed by atoms with van der Waals surface area (Å²) < 4.78 is 14.3. The van der Waals surface area contributed by atoms with Gasteiger partial charge in [-0.2, -0.15) is 5.10 Å². The van der Waals surface area contributed by atoms with Gasteiger partial charge in [-0.25, -0.2) is 4.90 Å². The summed E-state index contributed by atoms with van der Waals surface area (Å²) in [6.45, 7) is 3.84. The highest BCUT2D eigenvalue weighted by atomic mass is 79.9. The summed E-state index contributed by atoms with van der Waals surface area (Å²) in [6, 6.07) is 17.9. The standard InChI is InChI=1S/C44H38BrClN4O7S/c1-21-28-18-24(46)9-15-35(28)58-39(21)32-20-36(48(3)47-32)50-41(53)31-19-29-26(12-13-27-37(29)42(54)49(40(27)52)25-10-7-23(45)8-11-25)30(44(31,2)43(50)55)14-6-22-16-33(56-4)38(51)34(17-22)57-5/h6-12,14-18,20,27,29-31,37,51H,13,19H2,1-5H3/t27-,29+,30-,31-,37-,44-/m0/s1. The van der Waals surface area contributed by atoms with Crippen LogP contribution in [0, 0.1) is 41.9 Å². The number of benzene rings is 3. The van der Waals surface area contributed by atoms with Gasteiger partial charge in [0.05, 0.1) is 48.0 Å². The Morgan fingerprint density at radius 1 is 0.948 bits per heavy atom. The van der Waals surface area contributed by atoms with Crippen LogP contribution in [0.25, 0.3) is 26.7 Å². The number of methoxy groups -OCH3 is 2. The van der Waals surface area contributed by atoms with Crippen LogP contribution in [-0.2, 0) is 26.2 Å². The van der Waals surface area contributed by atoms with Crippen molar-refractivity contribution in [3.63, 3.8) is 0 Å². The zero-order valence-electron chi connectivity index (χ0n) is 32.2. The van der Waals surface area contributed by atoms with Gasteiger partial charge in [0.15, 0.2) is 11.5 Å². The van der Waals surface area contributed by atoms with E-state index in [-0.39, 0.29) is 47.3 Å². The van der Waals surface area contributed by atoms with E-state index in [1.54, 1.807) is 65.5 Å². The molecular weight excluding hydrogens is 844 g/mol. The lowest BCUT2D eigenvalue weighted by Crippen LogP contribution is -2.49. The summed E-state index contributed by atoms with van der Waals surface area (Å²) in [6.07, 6.45) is 6.26. The number of aromatic nitrogens is 2. The van der Waals surface area contributed by atoms with Gasteiger partial charge in [-0.1, -0.05) is 51.3 Å². The quantitative estimate of drug-likeness (QED) is 0.127. The normalized spacial score (nSPS) is 25.4. The number of phenolic OH excluding ortho intramolecular Hbond substituents is 1. The Hall–Kier alpha value is -5.24. The van der Waals surface area contributed by atoms with Crippen molar-refractivity contribution in [3.05, 3.63) is 99.0 Å². The molecule has 58 heavy (non-hydrogen) atoms. The average molecular weight is 882 g/mol. The molecule has 4 aliphatic rings. The van der Waals surface area contributed by atoms with E-state index in [1.165, 1.54) is 24.0 Å². The zero-order chi connectivity index (χ0) is 40.9. The van der Waals surface area contributed by atoms with E-state index in [4.69, 9.17) is 26.2 Å². The number of amides is 4. The number of allylic oxidation sites excluding steroid dienone is 3. The number of phenols is 1. The molecule has 3 aromatic carbocycles. The first-order chi connectivity index (χ1) is 27.8. The first-order valence-corrected chi connectivity index (χ1v) is 20.8. The molecule has 14 heteroatoms. The summed E-state index contributed by atoms with van der Waals surface area (Å²) in [7, 11) is 4.61. The van der Waals surface area contributed by atoms with Crippen molar-refractivity contribution in [3.8, 4) is 27.8 Å². The number of nitrogens with zero attached hydrogens (tertiary/aromatic N) is 4. The van der Waals surface area contributed by atoms with Crippen LogP contribution in [0.3, 0.4) is 0 Å². The molecule has 0 bridgehead atoms. The number of rotatable bonds is 7. The number of hydrogen-bond acceptors (Lipinski definition) is 9. The Morgan fingerprint density at radius 2 is 1.66 bits per heavy atom. The second kappa shape index (κ2) is 14.0. The number of imide groups is 2. The van der Waals surface area contributed by atoms with Gasteiger partial charge in [0.2, 0.25) is 29.4 Å². The first-order valence-electron chi connectivity index (χ1n) is 18.8. The van der Waals surface area contributed by atoms with E-state index in [0.29, 0.717) is 34.2 Å². The van der Waals surface area contributed by atoms with Crippen LogP contribution in [0.5, 0.6) is 17.2 Å². The van der Waals surface area contributed by atoms with Crippen LogP contribution in [-0.4, -0.2) is 52.7 Å². The largest absolute Gasteiger partial charge is 0.502 e. The zero-order valence-corrected chi connectivity index (χ0v) is 35.3. The lowest BCUT2D eigenvalue weighted by molar-refractivity contribution is -0.132. The predicted molar refractivity (Wildman–Crippen MR) is 226 cm³/mol. The van der Waals surface area contributed by atoms with Gasteiger partial charge in [0.1, 0.15) is 11.5 Å². The highest BCUT2D eigenvalue weighted by molar-refractivity contribution is 9.10. The smallest absolute Gasteiger partial charge is 0.242 e. The third-order valence-corrected chi connectivity index (χ3v) is 14.7. The molecule has 296 valence electrons. The van der Waals surface area contributed by atoms with Gasteiger partial charge in [-0.3, -0.25) is 28.8 Å². The van der Waals surface area contributed by atoms with Crippen molar-refractivity contribution in [2.75, 3.05) is 24.0 Å². The number of anilines is 2. The molecule has 2 aliphatic carbocycles. The van der Waals surface area contributed by atoms with Crippen molar-refractivity contribution in [2.24, 2.45) is 42.1 Å². The van der Waals surface area contributed by atoms with Gasteiger partial charge in [0, 0.05) is 33.2 Å². The Morgan fingerprint density at radius 3 is 2.34 bits per heavy atom. The molecular formula is C44H38BrClN4O7S. The number of halogens is 2. The van der Waals surface area contributed by atoms with Crippen molar-refractivity contribution in [2.45, 2.75) is 26.7 Å².